The Kier molecular flexibility index (Phi) is 6.57. The fourth-order valence-corrected chi connectivity index (χ4v) is 4.68. The number of hydrogen-bond acceptors (Lipinski definition) is 6. The first-order chi connectivity index (χ1) is 17.0. The molecule has 3 N–H and O–H groups in total. The normalized spacial score (nSPS) is 13.9. The molecular formula is C26H28ClN7O. The lowest BCUT2D eigenvalue weighted by atomic mass is 10.2. The van der Waals surface area contributed by atoms with Crippen LogP contribution >= 0.6 is 11.6 Å². The zero-order valence-corrected chi connectivity index (χ0v) is 20.4. The van der Waals surface area contributed by atoms with Crippen molar-refractivity contribution in [1.82, 2.24) is 19.4 Å². The van der Waals surface area contributed by atoms with Crippen LogP contribution in [0.2, 0.25) is 5.02 Å². The molecule has 180 valence electrons. The number of halogens is 1. The number of amides is 1. The minimum atomic E-state index is -0.506. The third-order valence-electron chi connectivity index (χ3n) is 6.45. The highest BCUT2D eigenvalue weighted by molar-refractivity contribution is 6.32. The Labute approximate surface area is 209 Å². The molecule has 0 unspecified atom stereocenters. The van der Waals surface area contributed by atoms with Crippen LogP contribution in [0.3, 0.4) is 0 Å². The Morgan fingerprint density at radius 2 is 1.89 bits per heavy atom. The van der Waals surface area contributed by atoms with Gasteiger partial charge in [-0.05, 0) is 56.3 Å². The van der Waals surface area contributed by atoms with Gasteiger partial charge in [-0.1, -0.05) is 29.8 Å². The van der Waals surface area contributed by atoms with E-state index in [-0.39, 0.29) is 0 Å². The first-order valence-electron chi connectivity index (χ1n) is 11.7. The lowest BCUT2D eigenvalue weighted by molar-refractivity contribution is 0.100. The summed E-state index contributed by atoms with van der Waals surface area (Å²) in [4.78, 5) is 25.7. The second-order valence-corrected chi connectivity index (χ2v) is 9.21. The third-order valence-corrected chi connectivity index (χ3v) is 6.71. The van der Waals surface area contributed by atoms with E-state index in [0.29, 0.717) is 22.4 Å². The minimum Gasteiger partial charge on any atom is -0.373 e. The molecule has 0 aliphatic carbocycles. The summed E-state index contributed by atoms with van der Waals surface area (Å²) in [6, 6.07) is 15.7. The van der Waals surface area contributed by atoms with E-state index in [0.717, 1.165) is 35.4 Å². The highest BCUT2D eigenvalue weighted by Crippen LogP contribution is 2.28. The molecule has 0 spiro atoms. The van der Waals surface area contributed by atoms with Crippen molar-refractivity contribution in [2.75, 3.05) is 43.4 Å². The highest BCUT2D eigenvalue weighted by Gasteiger charge is 2.17. The number of primary amides is 1. The summed E-state index contributed by atoms with van der Waals surface area (Å²) in [6.07, 6.45) is 5.83. The van der Waals surface area contributed by atoms with E-state index >= 15 is 0 Å². The summed E-state index contributed by atoms with van der Waals surface area (Å²) < 4.78 is 1.77. The number of carbonyl (C=O) groups is 1. The van der Waals surface area contributed by atoms with Gasteiger partial charge in [0.05, 0.1) is 17.3 Å². The Morgan fingerprint density at radius 3 is 2.63 bits per heavy atom. The lowest BCUT2D eigenvalue weighted by Gasteiger charge is -2.23. The van der Waals surface area contributed by atoms with E-state index in [1.807, 2.05) is 36.4 Å². The molecule has 1 saturated heterocycles. The van der Waals surface area contributed by atoms with Gasteiger partial charge in [0.1, 0.15) is 5.02 Å². The zero-order valence-electron chi connectivity index (χ0n) is 19.6. The van der Waals surface area contributed by atoms with Crippen LogP contribution in [0.15, 0.2) is 60.9 Å². The molecule has 35 heavy (non-hydrogen) atoms. The van der Waals surface area contributed by atoms with E-state index in [1.54, 1.807) is 17.0 Å². The Balaban J connectivity index is 1.34. The second kappa shape index (κ2) is 9.93. The zero-order chi connectivity index (χ0) is 24.4. The molecule has 5 rings (SSSR count). The summed E-state index contributed by atoms with van der Waals surface area (Å²) in [5.41, 5.74) is 8.81. The van der Waals surface area contributed by atoms with Crippen LogP contribution in [0.1, 0.15) is 23.2 Å². The van der Waals surface area contributed by atoms with Gasteiger partial charge in [0, 0.05) is 43.1 Å². The summed E-state index contributed by atoms with van der Waals surface area (Å²) in [6.45, 7) is 4.50. The van der Waals surface area contributed by atoms with Gasteiger partial charge in [0.2, 0.25) is 5.95 Å². The number of likely N-dealkylation sites (tertiary alicyclic amines) is 1. The number of carbonyl (C=O) groups excluding carboxylic acids is 1. The van der Waals surface area contributed by atoms with Crippen LogP contribution in [0.25, 0.3) is 16.7 Å². The van der Waals surface area contributed by atoms with E-state index in [4.69, 9.17) is 17.3 Å². The van der Waals surface area contributed by atoms with Crippen LogP contribution in [-0.2, 0) is 0 Å². The molecule has 0 bridgehead atoms. The molecule has 2 aromatic carbocycles. The molecule has 1 amide bonds. The molecule has 1 aliphatic rings. The maximum Gasteiger partial charge on any atom is 0.250 e. The number of rotatable bonds is 8. The summed E-state index contributed by atoms with van der Waals surface area (Å²) in [5.74, 6) is 0.359. The van der Waals surface area contributed by atoms with Gasteiger partial charge in [-0.25, -0.2) is 4.98 Å². The van der Waals surface area contributed by atoms with Crippen LogP contribution in [-0.4, -0.2) is 58.6 Å². The van der Waals surface area contributed by atoms with E-state index in [1.165, 1.54) is 25.9 Å². The fraction of sp³-hybridized carbons (Fsp3) is 0.269. The number of anilines is 3. The smallest absolute Gasteiger partial charge is 0.250 e. The van der Waals surface area contributed by atoms with Crippen molar-refractivity contribution >= 4 is 45.7 Å². The number of fused-ring (bicyclic) bond motifs is 1. The SMILES string of the molecule is CN(CCN1CCCC1)c1ccc(Nc2ncc(Cl)c(-n3cc(C(N)=O)c4ccccc43)n2)cc1. The van der Waals surface area contributed by atoms with Crippen LogP contribution < -0.4 is 16.0 Å². The Hall–Kier alpha value is -3.62. The first kappa shape index (κ1) is 23.1. The molecule has 1 aliphatic heterocycles. The molecule has 9 heteroatoms. The molecule has 2 aromatic heterocycles. The number of nitrogens with one attached hydrogen (secondary N) is 1. The molecule has 0 radical (unpaired) electrons. The molecule has 3 heterocycles. The van der Waals surface area contributed by atoms with Crippen molar-refractivity contribution in [3.05, 3.63) is 71.5 Å². The number of aromatic nitrogens is 3. The largest absolute Gasteiger partial charge is 0.373 e. The first-order valence-corrected chi connectivity index (χ1v) is 12.1. The third kappa shape index (κ3) is 4.94. The summed E-state index contributed by atoms with van der Waals surface area (Å²) in [5, 5.41) is 4.36. The van der Waals surface area contributed by atoms with Gasteiger partial charge >= 0.3 is 0 Å². The fourth-order valence-electron chi connectivity index (χ4n) is 4.49. The number of nitrogens with two attached hydrogens (primary N) is 1. The summed E-state index contributed by atoms with van der Waals surface area (Å²) >= 11 is 6.46. The minimum absolute atomic E-state index is 0.363. The predicted octanol–water partition coefficient (Wildman–Crippen LogP) is 4.45. The van der Waals surface area contributed by atoms with Gasteiger partial charge in [-0.15, -0.1) is 0 Å². The number of nitrogens with zero attached hydrogens (tertiary/aromatic N) is 5. The quantitative estimate of drug-likeness (QED) is 0.380. The van der Waals surface area contributed by atoms with Gasteiger partial charge < -0.3 is 20.9 Å². The highest BCUT2D eigenvalue weighted by atomic mass is 35.5. The monoisotopic (exact) mass is 489 g/mol. The topological polar surface area (TPSA) is 92.3 Å². The van der Waals surface area contributed by atoms with E-state index in [2.05, 4.69) is 44.3 Å². The number of hydrogen-bond donors (Lipinski definition) is 2. The van der Waals surface area contributed by atoms with Crippen LogP contribution in [0.5, 0.6) is 0 Å². The number of para-hydroxylation sites is 1. The van der Waals surface area contributed by atoms with Crippen molar-refractivity contribution in [3.8, 4) is 5.82 Å². The van der Waals surface area contributed by atoms with Gasteiger partial charge in [-0.3, -0.25) is 9.36 Å². The van der Waals surface area contributed by atoms with Crippen molar-refractivity contribution in [2.24, 2.45) is 5.73 Å². The average Bonchev–Trinajstić information content (AvgIpc) is 3.52. The maximum atomic E-state index is 12.0. The molecule has 0 atom stereocenters. The standard InChI is InChI=1S/C26H28ClN7O/c1-32(14-15-33-12-4-5-13-33)19-10-8-18(9-11-19)30-26-29-16-22(27)25(31-26)34-17-21(24(28)35)20-6-2-3-7-23(20)34/h2-3,6-11,16-17H,4-5,12-15H2,1H3,(H2,28,35)(H,29,30,31). The van der Waals surface area contributed by atoms with E-state index < -0.39 is 5.91 Å². The Bertz CT molecular complexity index is 1350. The predicted molar refractivity (Wildman–Crippen MR) is 141 cm³/mol. The molecule has 8 nitrogen and oxygen atoms in total. The van der Waals surface area contributed by atoms with Gasteiger partial charge in [0.25, 0.3) is 5.91 Å². The van der Waals surface area contributed by atoms with Gasteiger partial charge in [-0.2, -0.15) is 4.98 Å². The van der Waals surface area contributed by atoms with Crippen LogP contribution in [0, 0.1) is 0 Å². The van der Waals surface area contributed by atoms with Gasteiger partial charge in [0.15, 0.2) is 5.82 Å². The van der Waals surface area contributed by atoms with E-state index in [9.17, 15) is 4.79 Å². The molecule has 1 fully saturated rings. The lowest BCUT2D eigenvalue weighted by Crippen LogP contribution is -2.31. The van der Waals surface area contributed by atoms with Crippen molar-refractivity contribution in [3.63, 3.8) is 0 Å². The molecular weight excluding hydrogens is 462 g/mol. The van der Waals surface area contributed by atoms with Crippen molar-refractivity contribution in [2.45, 2.75) is 12.8 Å². The maximum absolute atomic E-state index is 12.0. The number of likely N-dealkylation sites (N-methyl/N-ethyl adjacent to an activating group) is 1. The van der Waals surface area contributed by atoms with Crippen molar-refractivity contribution in [1.29, 1.82) is 0 Å². The average molecular weight is 490 g/mol. The van der Waals surface area contributed by atoms with Crippen LogP contribution in [0.4, 0.5) is 17.3 Å². The second-order valence-electron chi connectivity index (χ2n) is 8.80. The molecule has 0 saturated carbocycles. The Morgan fingerprint density at radius 1 is 1.14 bits per heavy atom. The molecule has 4 aromatic rings. The summed E-state index contributed by atoms with van der Waals surface area (Å²) in [7, 11) is 2.12. The van der Waals surface area contributed by atoms with Crippen molar-refractivity contribution < 1.29 is 4.79 Å². The number of benzene rings is 2.